The van der Waals surface area contributed by atoms with E-state index >= 15 is 0 Å². The van der Waals surface area contributed by atoms with Gasteiger partial charge in [-0.1, -0.05) is 11.1 Å². The summed E-state index contributed by atoms with van der Waals surface area (Å²) in [5.41, 5.74) is 2.77. The predicted molar refractivity (Wildman–Crippen MR) is 162 cm³/mol. The maximum Gasteiger partial charge on any atom is 0.239 e. The van der Waals surface area contributed by atoms with E-state index in [-0.39, 0.29) is 46.4 Å². The van der Waals surface area contributed by atoms with Crippen molar-refractivity contribution in [2.75, 3.05) is 46.5 Å². The lowest BCUT2D eigenvalue weighted by atomic mass is 10.1. The molecule has 224 valence electrons. The number of aromatic hydroxyl groups is 1. The van der Waals surface area contributed by atoms with Crippen molar-refractivity contribution >= 4 is 11.0 Å². The fraction of sp³-hybridized carbons (Fsp3) is 0.424. The Hall–Kier alpha value is -2.98. The van der Waals surface area contributed by atoms with E-state index in [9.17, 15) is 9.90 Å². The van der Waals surface area contributed by atoms with Gasteiger partial charge in [0.25, 0.3) is 0 Å². The van der Waals surface area contributed by atoms with Gasteiger partial charge < -0.3 is 52.2 Å². The second-order valence-corrected chi connectivity index (χ2v) is 10.8. The van der Waals surface area contributed by atoms with Crippen molar-refractivity contribution in [3.05, 3.63) is 69.9 Å². The van der Waals surface area contributed by atoms with Gasteiger partial charge in [0, 0.05) is 24.1 Å². The molecular formula is C33H44INO6. The van der Waals surface area contributed by atoms with Crippen molar-refractivity contribution in [1.82, 2.24) is 0 Å². The van der Waals surface area contributed by atoms with Crippen LogP contribution in [0.3, 0.4) is 0 Å². The van der Waals surface area contributed by atoms with E-state index in [1.54, 1.807) is 6.07 Å². The summed E-state index contributed by atoms with van der Waals surface area (Å²) < 4.78 is 24.9. The Morgan fingerprint density at radius 2 is 1.49 bits per heavy atom. The molecule has 0 radical (unpaired) electrons. The minimum Gasteiger partial charge on any atom is -1.00 e. The number of nitrogens with zero attached hydrogens (tertiary/aromatic N) is 1. The molecule has 3 aromatic rings. The van der Waals surface area contributed by atoms with Crippen molar-refractivity contribution in [3.63, 3.8) is 0 Å². The van der Waals surface area contributed by atoms with E-state index < -0.39 is 5.43 Å². The van der Waals surface area contributed by atoms with Gasteiger partial charge >= 0.3 is 0 Å². The van der Waals surface area contributed by atoms with Crippen molar-refractivity contribution in [2.24, 2.45) is 0 Å². The number of quaternary nitrogens is 1. The fourth-order valence-corrected chi connectivity index (χ4v) is 4.13. The topological polar surface area (TPSA) is 78.1 Å². The largest absolute Gasteiger partial charge is 1.00 e. The maximum absolute atomic E-state index is 13.7. The van der Waals surface area contributed by atoms with Crippen LogP contribution in [0.25, 0.3) is 22.3 Å². The highest BCUT2D eigenvalue weighted by Gasteiger charge is 2.22. The maximum atomic E-state index is 13.7. The zero-order valence-electron chi connectivity index (χ0n) is 25.4. The molecule has 0 fully saturated rings. The van der Waals surface area contributed by atoms with Crippen LogP contribution in [0.5, 0.6) is 23.0 Å². The Bertz CT molecular complexity index is 1400. The van der Waals surface area contributed by atoms with Gasteiger partial charge in [-0.3, -0.25) is 4.79 Å². The lowest BCUT2D eigenvalue weighted by molar-refractivity contribution is -0.906. The molecular weight excluding hydrogens is 633 g/mol. The smallest absolute Gasteiger partial charge is 0.239 e. The molecule has 1 heterocycles. The van der Waals surface area contributed by atoms with Crippen molar-refractivity contribution in [3.8, 4) is 34.3 Å². The molecule has 0 saturated heterocycles. The van der Waals surface area contributed by atoms with E-state index in [2.05, 4.69) is 20.9 Å². The Morgan fingerprint density at radius 1 is 0.902 bits per heavy atom. The summed E-state index contributed by atoms with van der Waals surface area (Å²) in [4.78, 5) is 13.7. The third-order valence-corrected chi connectivity index (χ3v) is 7.12. The Morgan fingerprint density at radius 3 is 2.05 bits per heavy atom. The van der Waals surface area contributed by atoms with E-state index in [0.717, 1.165) is 36.1 Å². The highest BCUT2D eigenvalue weighted by atomic mass is 127. The zero-order chi connectivity index (χ0) is 29.3. The molecule has 0 aliphatic rings. The molecule has 0 bridgehead atoms. The van der Waals surface area contributed by atoms with Gasteiger partial charge in [0.05, 0.1) is 33.3 Å². The highest BCUT2D eigenvalue weighted by Crippen LogP contribution is 2.36. The Labute approximate surface area is 261 Å². The molecule has 41 heavy (non-hydrogen) atoms. The van der Waals surface area contributed by atoms with Gasteiger partial charge in [-0.2, -0.15) is 0 Å². The highest BCUT2D eigenvalue weighted by molar-refractivity contribution is 5.88. The van der Waals surface area contributed by atoms with Gasteiger partial charge in [0.15, 0.2) is 5.76 Å². The lowest BCUT2D eigenvalue weighted by Gasteiger charge is -2.32. The lowest BCUT2D eigenvalue weighted by Crippen LogP contribution is -3.00. The molecule has 0 unspecified atom stereocenters. The Balaban J connectivity index is 0.00000588. The van der Waals surface area contributed by atoms with Crippen LogP contribution in [-0.4, -0.2) is 56.1 Å². The molecule has 0 atom stereocenters. The first kappa shape index (κ1) is 34.2. The summed E-state index contributed by atoms with van der Waals surface area (Å²) in [6.07, 6.45) is 4.71. The number of phenolic OH excluding ortho intramolecular Hbond substituents is 1. The van der Waals surface area contributed by atoms with Crippen LogP contribution in [0.15, 0.2) is 68.9 Å². The van der Waals surface area contributed by atoms with Crippen LogP contribution in [0.4, 0.5) is 0 Å². The minimum atomic E-state index is -0.420. The van der Waals surface area contributed by atoms with Crippen LogP contribution >= 0.6 is 0 Å². The number of halogens is 1. The summed E-state index contributed by atoms with van der Waals surface area (Å²) in [6.45, 7) is 16.5. The van der Waals surface area contributed by atoms with Gasteiger partial charge in [0.2, 0.25) is 11.2 Å². The monoisotopic (exact) mass is 677 g/mol. The SMILES string of the molecule is CC[N+](C)(CC)CCCOc1c(-c2ccc(OCC=C(C)C)cc2)oc2cc(OCC=C(C)C)cc(O)c2c1=O.[I-]. The molecule has 7 nitrogen and oxygen atoms in total. The number of ether oxygens (including phenoxy) is 3. The van der Waals surface area contributed by atoms with Crippen LogP contribution in [-0.2, 0) is 0 Å². The number of hydrogen-bond acceptors (Lipinski definition) is 6. The third kappa shape index (κ3) is 9.53. The van der Waals surface area contributed by atoms with Gasteiger partial charge in [-0.25, -0.2) is 0 Å². The Kier molecular flexibility index (Phi) is 13.2. The van der Waals surface area contributed by atoms with E-state index in [0.29, 0.717) is 42.6 Å². The first-order chi connectivity index (χ1) is 19.1. The molecule has 1 aromatic heterocycles. The van der Waals surface area contributed by atoms with Crippen molar-refractivity contribution in [1.29, 1.82) is 0 Å². The molecule has 0 spiro atoms. The van der Waals surface area contributed by atoms with Gasteiger partial charge in [0.1, 0.15) is 41.4 Å². The number of phenols is 1. The molecule has 3 rings (SSSR count). The molecule has 1 N–H and O–H groups in total. The van der Waals surface area contributed by atoms with E-state index in [4.69, 9.17) is 18.6 Å². The van der Waals surface area contributed by atoms with E-state index in [1.807, 2.05) is 64.1 Å². The van der Waals surface area contributed by atoms with Crippen molar-refractivity contribution in [2.45, 2.75) is 48.0 Å². The first-order valence-electron chi connectivity index (χ1n) is 14.0. The molecule has 2 aromatic carbocycles. The summed E-state index contributed by atoms with van der Waals surface area (Å²) in [6, 6.07) is 10.4. The normalized spacial score (nSPS) is 11.0. The van der Waals surface area contributed by atoms with Crippen LogP contribution in [0.1, 0.15) is 48.0 Å². The van der Waals surface area contributed by atoms with Gasteiger partial charge in [-0.05, 0) is 78.0 Å². The second-order valence-electron chi connectivity index (χ2n) is 10.8. The number of hydrogen-bond donors (Lipinski definition) is 1. The molecule has 0 aliphatic heterocycles. The average Bonchev–Trinajstić information content (AvgIpc) is 2.91. The van der Waals surface area contributed by atoms with Crippen LogP contribution in [0.2, 0.25) is 0 Å². The molecule has 0 saturated carbocycles. The molecule has 0 amide bonds. The predicted octanol–water partition coefficient (Wildman–Crippen LogP) is 4.11. The summed E-state index contributed by atoms with van der Waals surface area (Å²) in [5.74, 6) is 1.29. The summed E-state index contributed by atoms with van der Waals surface area (Å²) in [5, 5.41) is 10.9. The second kappa shape index (κ2) is 15.9. The van der Waals surface area contributed by atoms with Crippen LogP contribution < -0.4 is 43.6 Å². The summed E-state index contributed by atoms with van der Waals surface area (Å²) >= 11 is 0. The van der Waals surface area contributed by atoms with Gasteiger partial charge in [-0.15, -0.1) is 0 Å². The number of benzene rings is 2. The third-order valence-electron chi connectivity index (χ3n) is 7.12. The summed E-state index contributed by atoms with van der Waals surface area (Å²) in [7, 11) is 2.21. The van der Waals surface area contributed by atoms with Crippen molar-refractivity contribution < 1.29 is 52.2 Å². The average molecular weight is 678 g/mol. The minimum absolute atomic E-state index is 0. The van der Waals surface area contributed by atoms with Crippen LogP contribution in [0, 0.1) is 0 Å². The quantitative estimate of drug-likeness (QED) is 0.120. The number of fused-ring (bicyclic) bond motifs is 1. The molecule has 8 heteroatoms. The fourth-order valence-electron chi connectivity index (χ4n) is 4.13. The first-order valence-corrected chi connectivity index (χ1v) is 14.0. The standard InChI is InChI=1S/C33H43NO6.HI/c1-8-34(7,9-2)17-10-18-39-33-31(36)30-28(35)21-27(38-20-16-24(5)6)22-29(30)40-32(33)25-11-13-26(14-12-25)37-19-15-23(3)4;/h11-16,21-22H,8-10,17-20H2,1-7H3;1H. The number of rotatable bonds is 14. The zero-order valence-corrected chi connectivity index (χ0v) is 27.5. The number of allylic oxidation sites excluding steroid dienone is 2. The van der Waals surface area contributed by atoms with E-state index in [1.165, 1.54) is 11.6 Å². The molecule has 0 aliphatic carbocycles.